The second-order valence-electron chi connectivity index (χ2n) is 39.2. The minimum absolute atomic E-state index is 0.0664. The Kier molecular flexibility index (Phi) is 36.0. The first-order valence-corrected chi connectivity index (χ1v) is 49.9. The molecule has 0 bridgehead atoms. The predicted octanol–water partition coefficient (Wildman–Crippen LogP) is 17.6. The van der Waals surface area contributed by atoms with Crippen molar-refractivity contribution in [3.63, 3.8) is 0 Å². The van der Waals surface area contributed by atoms with Crippen LogP contribution in [0.5, 0.6) is 0 Å². The molecule has 3 saturated carbocycles. The second kappa shape index (κ2) is 49.1. The summed E-state index contributed by atoms with van der Waals surface area (Å²) in [4.78, 5) is 78.7. The number of hydrogen-bond donors (Lipinski definition) is 20. The third kappa shape index (κ3) is 29.7. The third-order valence-corrected chi connectivity index (χ3v) is 27.0. The van der Waals surface area contributed by atoms with Gasteiger partial charge in [0, 0.05) is 135 Å². The van der Waals surface area contributed by atoms with Gasteiger partial charge in [0.1, 0.15) is 28.5 Å². The van der Waals surface area contributed by atoms with E-state index in [1.807, 2.05) is 68.4 Å². The van der Waals surface area contributed by atoms with E-state index in [0.717, 1.165) is 175 Å². The van der Waals surface area contributed by atoms with Crippen LogP contribution in [-0.4, -0.2) is 148 Å². The van der Waals surface area contributed by atoms with Crippen LogP contribution in [0, 0.1) is 39.5 Å². The highest BCUT2D eigenvalue weighted by Gasteiger charge is 2.31. The smallest absolute Gasteiger partial charge is 0.267 e. The Balaban J connectivity index is 0.000000140. The molecule has 30 N–H and O–H groups in total. The molecule has 3 aliphatic carbocycles. The number of nitrogens with two attached hydrogens (primary N) is 10. The SMILES string of the molecule is Cc1ccc(-c2ccc3[nH]c(C(=O)NC[C@H](N)CCCN)cc3c2)cc1.Cc1ccc(-c2ccc3cc(C(=O)NC(C)[C@@H](N)CCCN)[nH]c3c2)cc1.Cc1ccc(-c2ccc3cc(C(=O)NC[C@@H](N)CCC(C)N)[nH]c3c2)cc1.Cc1ccc(-c2ccc3cc(C(=O)NC[C@@H](N)CCC(N)C4CC4)[nH]c3c2)cc1.NC(CC[C@H](N)CNC(=O)c1cc2ccc(-c3ccc(C4CC4)cc3)cc2[nH]1)C1CC1. The summed E-state index contributed by atoms with van der Waals surface area (Å²) in [6.45, 7) is 15.2. The average Bonchev–Trinajstić information content (AvgIpc) is 1.67. The summed E-state index contributed by atoms with van der Waals surface area (Å²) in [7, 11) is 0. The summed E-state index contributed by atoms with van der Waals surface area (Å²) in [6.07, 6.45) is 16.1. The van der Waals surface area contributed by atoms with Gasteiger partial charge in [-0.2, -0.15) is 0 Å². The number of benzene rings is 10. The number of hydrogen-bond acceptors (Lipinski definition) is 15. The van der Waals surface area contributed by atoms with Crippen molar-refractivity contribution in [1.82, 2.24) is 51.5 Å². The number of H-pyrrole nitrogens is 5. The summed E-state index contributed by atoms with van der Waals surface area (Å²) in [5.41, 5.74) is 84.9. The number of aromatic amines is 5. The first kappa shape index (κ1) is 103. The molecule has 4 unspecified atom stereocenters. The molecular formula is C115H144N20O5. The zero-order valence-electron chi connectivity index (χ0n) is 81.9. The van der Waals surface area contributed by atoms with E-state index >= 15 is 0 Å². The van der Waals surface area contributed by atoms with E-state index in [2.05, 4.69) is 267 Å². The van der Waals surface area contributed by atoms with Gasteiger partial charge in [0.25, 0.3) is 29.5 Å². The molecule has 0 aliphatic heterocycles. The van der Waals surface area contributed by atoms with Crippen LogP contribution in [0.2, 0.25) is 0 Å². The number of fused-ring (bicyclic) bond motifs is 5. The van der Waals surface area contributed by atoms with Crippen LogP contribution in [-0.2, 0) is 0 Å². The van der Waals surface area contributed by atoms with Gasteiger partial charge < -0.3 is 109 Å². The maximum atomic E-state index is 12.6. The van der Waals surface area contributed by atoms with Gasteiger partial charge in [0.15, 0.2) is 0 Å². The minimum atomic E-state index is -0.140. The number of carbonyl (C=O) groups is 5. The quantitative estimate of drug-likeness (QED) is 0.0171. The number of carbonyl (C=O) groups excluding carboxylic acids is 5. The number of nitrogens with one attached hydrogen (secondary N) is 10. The molecule has 3 fully saturated rings. The van der Waals surface area contributed by atoms with Crippen LogP contribution >= 0.6 is 0 Å². The van der Waals surface area contributed by atoms with Crippen molar-refractivity contribution < 1.29 is 24.0 Å². The maximum absolute atomic E-state index is 12.6. The Bertz CT molecular complexity index is 6600. The molecule has 0 saturated heterocycles. The number of amides is 5. The number of aromatic nitrogens is 5. The summed E-state index contributed by atoms with van der Waals surface area (Å²) >= 11 is 0. The van der Waals surface area contributed by atoms with Gasteiger partial charge in [-0.05, 0) is 303 Å². The summed E-state index contributed by atoms with van der Waals surface area (Å²) in [5, 5.41) is 19.8. The molecule has 15 aromatic rings. The molecular weight excluding hydrogens is 1740 g/mol. The third-order valence-electron chi connectivity index (χ3n) is 27.0. The van der Waals surface area contributed by atoms with E-state index in [-0.39, 0.29) is 83.9 Å². The van der Waals surface area contributed by atoms with Crippen LogP contribution in [0.4, 0.5) is 0 Å². The zero-order valence-corrected chi connectivity index (χ0v) is 81.9. The van der Waals surface area contributed by atoms with Crippen LogP contribution in [0.3, 0.4) is 0 Å². The molecule has 9 atom stereocenters. The molecule has 0 spiro atoms. The number of aryl methyl sites for hydroxylation is 4. The summed E-state index contributed by atoms with van der Waals surface area (Å²) < 4.78 is 0. The van der Waals surface area contributed by atoms with E-state index in [9.17, 15) is 24.0 Å². The van der Waals surface area contributed by atoms with E-state index in [1.54, 1.807) is 0 Å². The first-order chi connectivity index (χ1) is 67.5. The highest BCUT2D eigenvalue weighted by Crippen LogP contribution is 2.41. The maximum Gasteiger partial charge on any atom is 0.267 e. The van der Waals surface area contributed by atoms with Crippen LogP contribution in [0.25, 0.3) is 110 Å². The van der Waals surface area contributed by atoms with E-state index in [0.29, 0.717) is 79.6 Å². The Morgan fingerprint density at radius 2 is 0.571 bits per heavy atom. The van der Waals surface area contributed by atoms with Crippen molar-refractivity contribution in [2.24, 2.45) is 69.2 Å². The van der Waals surface area contributed by atoms with Gasteiger partial charge >= 0.3 is 0 Å². The molecule has 3 aliphatic rings. The number of rotatable bonds is 38. The van der Waals surface area contributed by atoms with E-state index < -0.39 is 0 Å². The average molecular weight is 1890 g/mol. The highest BCUT2D eigenvalue weighted by molar-refractivity contribution is 6.03. The topological polar surface area (TPSA) is 485 Å². The van der Waals surface area contributed by atoms with Gasteiger partial charge in [-0.25, -0.2) is 0 Å². The molecule has 5 amide bonds. The van der Waals surface area contributed by atoms with Gasteiger partial charge in [-0.1, -0.05) is 198 Å². The lowest BCUT2D eigenvalue weighted by Gasteiger charge is -2.20. The normalized spacial score (nSPS) is 14.8. The Morgan fingerprint density at radius 1 is 0.293 bits per heavy atom. The second-order valence-corrected chi connectivity index (χ2v) is 39.2. The van der Waals surface area contributed by atoms with Crippen molar-refractivity contribution in [3.8, 4) is 55.6 Å². The minimum Gasteiger partial charge on any atom is -0.351 e. The fraction of sp³-hybridized carbons (Fsp3) is 0.348. The highest BCUT2D eigenvalue weighted by atomic mass is 16.2. The van der Waals surface area contributed by atoms with Crippen LogP contribution < -0.4 is 83.9 Å². The van der Waals surface area contributed by atoms with Gasteiger partial charge in [-0.3, -0.25) is 24.0 Å². The molecule has 140 heavy (non-hydrogen) atoms. The van der Waals surface area contributed by atoms with Crippen LogP contribution in [0.15, 0.2) is 243 Å². The standard InChI is InChI=1S/C26H32N4O.C24H30N4O.2C22H28N4O.C21H26N4O/c27-22(11-12-23(28)19-7-8-19)15-29-26(31)25-14-21-10-9-20(13-24(21)30-25)18-5-3-17(4-6-18)16-1-2-16;1-15-2-4-16(5-3-15)18-8-9-19-13-23(28-22(19)12-18)24(29)27-14-20(25)10-11-21(26)17-6-7-17;1-14-3-6-16(7-4-14)17-8-9-18-12-21(26-20(18)11-17)22(27)25-13-19(24)10-5-15(2)23;1-14-5-7-16(8-6-14)17-9-10-18-13-21(26-20(18)12-17)22(27)25-15(2)19(24)4-3-11-23;1-14-4-6-15(7-5-14)16-8-9-19-17(11-16)12-20(25-19)21(26)24-13-18(23)3-2-10-22/h3-6,9-10,13-14,16,19,22-23,30H,1-2,7-8,11-12,15,27-28H2,(H,29,31);2-5,8-9,12-13,17,20-21,28H,6-7,10-11,14,25-26H2,1H3,(H,27,29);3-4,6-9,11-12,15,19,26H,5,10,13,23-24H2,1-2H3,(H,25,27);5-10,12-13,15,19,26H,3-4,11,23-24H2,1-2H3,(H,25,27);4-9,11-12,18,25H,2-3,10,13,22-23H2,1H3,(H,24,26)/t22-,23?;20-,21?;2*15?,19-;18-/m00001/s1. The Morgan fingerprint density at radius 3 is 0.893 bits per heavy atom. The van der Waals surface area contributed by atoms with E-state index in [4.69, 9.17) is 57.3 Å². The largest absolute Gasteiger partial charge is 0.351 e. The Hall–Kier alpha value is -13.2. The van der Waals surface area contributed by atoms with Crippen molar-refractivity contribution in [2.45, 2.75) is 205 Å². The zero-order chi connectivity index (χ0) is 99.0. The van der Waals surface area contributed by atoms with E-state index in [1.165, 1.54) is 71.9 Å². The van der Waals surface area contributed by atoms with Crippen molar-refractivity contribution in [3.05, 3.63) is 299 Å². The van der Waals surface area contributed by atoms with Gasteiger partial charge in [0.05, 0.1) is 0 Å². The van der Waals surface area contributed by atoms with Crippen molar-refractivity contribution in [2.75, 3.05) is 39.3 Å². The summed E-state index contributed by atoms with van der Waals surface area (Å²) in [5.74, 6) is 1.49. The van der Waals surface area contributed by atoms with Crippen molar-refractivity contribution in [1.29, 1.82) is 0 Å². The Labute approximate surface area is 822 Å². The monoisotopic (exact) mass is 1890 g/mol. The molecule has 5 heterocycles. The lowest BCUT2D eigenvalue weighted by molar-refractivity contribution is 0.0924. The lowest BCUT2D eigenvalue weighted by atomic mass is 10.0. The molecule has 25 nitrogen and oxygen atoms in total. The summed E-state index contributed by atoms with van der Waals surface area (Å²) in [6, 6.07) is 83.2. The molecule has 0 radical (unpaired) electrons. The van der Waals surface area contributed by atoms with Crippen molar-refractivity contribution >= 4 is 84.1 Å². The molecule has 10 aromatic carbocycles. The van der Waals surface area contributed by atoms with Gasteiger partial charge in [0.2, 0.25) is 0 Å². The van der Waals surface area contributed by atoms with Crippen LogP contribution in [0.1, 0.15) is 203 Å². The fourth-order valence-electron chi connectivity index (χ4n) is 17.4. The molecule has 5 aromatic heterocycles. The predicted molar refractivity (Wildman–Crippen MR) is 575 cm³/mol. The first-order valence-electron chi connectivity index (χ1n) is 49.9. The molecule has 18 rings (SSSR count). The molecule has 25 heteroatoms. The lowest BCUT2D eigenvalue weighted by Crippen LogP contribution is -2.45. The fourth-order valence-corrected chi connectivity index (χ4v) is 17.4. The van der Waals surface area contributed by atoms with Gasteiger partial charge in [-0.15, -0.1) is 0 Å². The molecule has 734 valence electrons.